The number of nitrogens with one attached hydrogen (secondary N) is 2. The Labute approximate surface area is 109 Å². The van der Waals surface area contributed by atoms with Crippen molar-refractivity contribution in [1.82, 2.24) is 15.3 Å². The summed E-state index contributed by atoms with van der Waals surface area (Å²) < 4.78 is 1.08. The highest BCUT2D eigenvalue weighted by Gasteiger charge is 2.18. The zero-order chi connectivity index (χ0) is 11.7. The first-order valence-electron chi connectivity index (χ1n) is 5.82. The van der Waals surface area contributed by atoms with Crippen molar-refractivity contribution in [2.24, 2.45) is 5.92 Å². The summed E-state index contributed by atoms with van der Waals surface area (Å²) in [5.41, 5.74) is 2.35. The van der Waals surface area contributed by atoms with Crippen LogP contribution in [0, 0.1) is 5.92 Å². The van der Waals surface area contributed by atoms with Crippen molar-refractivity contribution in [3.63, 3.8) is 0 Å². The molecule has 4 heteroatoms. The smallest absolute Gasteiger partial charge is 0.137 e. The maximum atomic E-state index is 4.44. The summed E-state index contributed by atoms with van der Waals surface area (Å²) in [6, 6.07) is 8.19. The summed E-state index contributed by atoms with van der Waals surface area (Å²) in [4.78, 5) is 7.84. The van der Waals surface area contributed by atoms with E-state index in [4.69, 9.17) is 0 Å². The van der Waals surface area contributed by atoms with Gasteiger partial charge in [0.25, 0.3) is 0 Å². The second-order valence-electron chi connectivity index (χ2n) is 4.50. The summed E-state index contributed by atoms with van der Waals surface area (Å²) in [5, 5.41) is 3.29. The lowest BCUT2D eigenvalue weighted by Gasteiger charge is -2.26. The fourth-order valence-corrected chi connectivity index (χ4v) is 2.45. The standard InChI is InChI=1S/C13H14BrN3/c14-11-3-1-2-10(5-11)13-16-8-12(17-13)4-9-6-15-7-9/h1-3,5,8-9,15H,4,6-7H2,(H,16,17). The van der Waals surface area contributed by atoms with Crippen molar-refractivity contribution in [3.05, 3.63) is 40.6 Å². The summed E-state index contributed by atoms with van der Waals surface area (Å²) >= 11 is 3.48. The molecule has 1 aliphatic heterocycles. The molecule has 88 valence electrons. The molecule has 0 spiro atoms. The molecule has 0 saturated carbocycles. The Kier molecular flexibility index (Phi) is 2.99. The van der Waals surface area contributed by atoms with Crippen LogP contribution in [-0.2, 0) is 6.42 Å². The van der Waals surface area contributed by atoms with Gasteiger partial charge in [0.15, 0.2) is 0 Å². The molecule has 2 N–H and O–H groups in total. The van der Waals surface area contributed by atoms with Crippen LogP contribution in [0.15, 0.2) is 34.9 Å². The second-order valence-corrected chi connectivity index (χ2v) is 5.41. The van der Waals surface area contributed by atoms with Crippen LogP contribution in [0.2, 0.25) is 0 Å². The van der Waals surface area contributed by atoms with Crippen molar-refractivity contribution in [2.75, 3.05) is 13.1 Å². The number of rotatable bonds is 3. The lowest BCUT2D eigenvalue weighted by atomic mass is 9.98. The van der Waals surface area contributed by atoms with E-state index in [1.165, 1.54) is 5.69 Å². The Bertz CT molecular complexity index is 517. The Morgan fingerprint density at radius 2 is 2.24 bits per heavy atom. The zero-order valence-corrected chi connectivity index (χ0v) is 11.0. The Hall–Kier alpha value is -1.13. The highest BCUT2D eigenvalue weighted by molar-refractivity contribution is 9.10. The van der Waals surface area contributed by atoms with Gasteiger partial charge in [0.1, 0.15) is 5.82 Å². The van der Waals surface area contributed by atoms with Gasteiger partial charge >= 0.3 is 0 Å². The first kappa shape index (κ1) is 11.0. The van der Waals surface area contributed by atoms with Gasteiger partial charge in [-0.05, 0) is 37.6 Å². The number of hydrogen-bond donors (Lipinski definition) is 2. The van der Waals surface area contributed by atoms with E-state index < -0.39 is 0 Å². The Morgan fingerprint density at radius 3 is 2.94 bits per heavy atom. The molecule has 0 bridgehead atoms. The van der Waals surface area contributed by atoms with Crippen molar-refractivity contribution in [1.29, 1.82) is 0 Å². The summed E-state index contributed by atoms with van der Waals surface area (Å²) in [6.45, 7) is 2.26. The maximum Gasteiger partial charge on any atom is 0.137 e. The Balaban J connectivity index is 1.79. The molecule has 1 aromatic heterocycles. The van der Waals surface area contributed by atoms with E-state index in [0.717, 1.165) is 41.3 Å². The fraction of sp³-hybridized carbons (Fsp3) is 0.308. The average molecular weight is 292 g/mol. The van der Waals surface area contributed by atoms with E-state index in [9.17, 15) is 0 Å². The minimum Gasteiger partial charge on any atom is -0.342 e. The number of halogens is 1. The van der Waals surface area contributed by atoms with E-state index in [1.54, 1.807) is 0 Å². The Morgan fingerprint density at radius 1 is 1.35 bits per heavy atom. The van der Waals surface area contributed by atoms with Crippen molar-refractivity contribution >= 4 is 15.9 Å². The first-order chi connectivity index (χ1) is 8.31. The van der Waals surface area contributed by atoms with E-state index >= 15 is 0 Å². The third kappa shape index (κ3) is 2.42. The lowest BCUT2D eigenvalue weighted by molar-refractivity contribution is 0.344. The topological polar surface area (TPSA) is 40.7 Å². The van der Waals surface area contributed by atoms with Crippen LogP contribution in [0.1, 0.15) is 5.69 Å². The molecule has 2 aromatic rings. The van der Waals surface area contributed by atoms with Gasteiger partial charge in [-0.15, -0.1) is 0 Å². The van der Waals surface area contributed by atoms with E-state index in [0.29, 0.717) is 0 Å². The van der Waals surface area contributed by atoms with E-state index in [1.807, 2.05) is 18.3 Å². The van der Waals surface area contributed by atoms with Crippen molar-refractivity contribution < 1.29 is 0 Å². The molecule has 17 heavy (non-hydrogen) atoms. The van der Waals surface area contributed by atoms with Gasteiger partial charge < -0.3 is 10.3 Å². The van der Waals surface area contributed by atoms with Gasteiger partial charge in [0, 0.05) is 21.9 Å². The highest BCUT2D eigenvalue weighted by atomic mass is 79.9. The normalized spacial score (nSPS) is 15.8. The van der Waals surface area contributed by atoms with Crippen molar-refractivity contribution in [3.8, 4) is 11.4 Å². The number of aromatic amines is 1. The summed E-state index contributed by atoms with van der Waals surface area (Å²) in [5.74, 6) is 1.72. The first-order valence-corrected chi connectivity index (χ1v) is 6.61. The molecule has 3 nitrogen and oxygen atoms in total. The molecular weight excluding hydrogens is 278 g/mol. The quantitative estimate of drug-likeness (QED) is 0.913. The number of imidazole rings is 1. The number of hydrogen-bond acceptors (Lipinski definition) is 2. The minimum absolute atomic E-state index is 0.769. The molecule has 0 aliphatic carbocycles. The van der Waals surface area contributed by atoms with Crippen LogP contribution in [0.4, 0.5) is 0 Å². The predicted octanol–water partition coefficient (Wildman–Crippen LogP) is 2.60. The minimum atomic E-state index is 0.769. The molecule has 0 radical (unpaired) electrons. The number of aromatic nitrogens is 2. The molecule has 1 fully saturated rings. The molecule has 2 heterocycles. The van der Waals surface area contributed by atoms with Crippen LogP contribution >= 0.6 is 15.9 Å². The third-order valence-electron chi connectivity index (χ3n) is 3.10. The zero-order valence-electron chi connectivity index (χ0n) is 9.41. The van der Waals surface area contributed by atoms with Gasteiger partial charge in [0.2, 0.25) is 0 Å². The SMILES string of the molecule is Brc1cccc(-c2ncc(CC3CNC3)[nH]2)c1. The van der Waals surface area contributed by atoms with Gasteiger partial charge in [0.05, 0.1) is 0 Å². The monoisotopic (exact) mass is 291 g/mol. The number of nitrogens with zero attached hydrogens (tertiary/aromatic N) is 1. The largest absolute Gasteiger partial charge is 0.342 e. The molecule has 3 rings (SSSR count). The predicted molar refractivity (Wildman–Crippen MR) is 71.8 cm³/mol. The van der Waals surface area contributed by atoms with Gasteiger partial charge in [-0.3, -0.25) is 0 Å². The molecule has 0 unspecified atom stereocenters. The summed E-state index contributed by atoms with van der Waals surface area (Å²) in [6.07, 6.45) is 3.04. The molecule has 1 aliphatic rings. The van der Waals surface area contributed by atoms with E-state index in [2.05, 4.69) is 43.3 Å². The lowest BCUT2D eigenvalue weighted by Crippen LogP contribution is -2.43. The van der Waals surface area contributed by atoms with Gasteiger partial charge in [-0.2, -0.15) is 0 Å². The molecule has 1 saturated heterocycles. The maximum absolute atomic E-state index is 4.44. The van der Waals surface area contributed by atoms with Gasteiger partial charge in [-0.25, -0.2) is 4.98 Å². The summed E-state index contributed by atoms with van der Waals surface area (Å²) in [7, 11) is 0. The number of benzene rings is 1. The van der Waals surface area contributed by atoms with Crippen LogP contribution < -0.4 is 5.32 Å². The van der Waals surface area contributed by atoms with E-state index in [-0.39, 0.29) is 0 Å². The van der Waals surface area contributed by atoms with Crippen molar-refractivity contribution in [2.45, 2.75) is 6.42 Å². The van der Waals surface area contributed by atoms with Crippen LogP contribution in [0.25, 0.3) is 11.4 Å². The van der Waals surface area contributed by atoms with Gasteiger partial charge in [-0.1, -0.05) is 28.1 Å². The van der Waals surface area contributed by atoms with Crippen LogP contribution in [-0.4, -0.2) is 23.1 Å². The number of H-pyrrole nitrogens is 1. The average Bonchev–Trinajstić information content (AvgIpc) is 2.72. The van der Waals surface area contributed by atoms with Crippen LogP contribution in [0.5, 0.6) is 0 Å². The molecular formula is C13H14BrN3. The molecule has 1 aromatic carbocycles. The second kappa shape index (κ2) is 4.63. The fourth-order valence-electron chi connectivity index (χ4n) is 2.05. The highest BCUT2D eigenvalue weighted by Crippen LogP contribution is 2.21. The molecule has 0 amide bonds. The molecule has 0 atom stereocenters. The van der Waals surface area contributed by atoms with Crippen LogP contribution in [0.3, 0.4) is 0 Å². The third-order valence-corrected chi connectivity index (χ3v) is 3.59.